The van der Waals surface area contributed by atoms with E-state index >= 15 is 0 Å². The summed E-state index contributed by atoms with van der Waals surface area (Å²) in [6.45, 7) is 12.2. The molecular weight excluding hydrogens is 426 g/mol. The van der Waals surface area contributed by atoms with E-state index < -0.39 is 0 Å². The Morgan fingerprint density at radius 2 is 1.88 bits per heavy atom. The van der Waals surface area contributed by atoms with E-state index in [1.807, 2.05) is 33.2 Å². The quantitative estimate of drug-likeness (QED) is 0.446. The van der Waals surface area contributed by atoms with Crippen molar-refractivity contribution in [2.24, 2.45) is 0 Å². The number of anilines is 1. The van der Waals surface area contributed by atoms with Crippen LogP contribution in [0.5, 0.6) is 5.75 Å². The maximum absolute atomic E-state index is 6.00. The Balaban J connectivity index is 1.55. The van der Waals surface area contributed by atoms with Gasteiger partial charge >= 0.3 is 0 Å². The summed E-state index contributed by atoms with van der Waals surface area (Å²) in [6, 6.07) is 0. The SMILES string of the molecule is COc1c(C)cnc(Cn2cc(C#CCCCN3CCN(C)CC3)c3c(C)nc(N)nc32)c1C. The van der Waals surface area contributed by atoms with E-state index in [1.54, 1.807) is 7.11 Å². The summed E-state index contributed by atoms with van der Waals surface area (Å²) < 4.78 is 7.66. The number of methoxy groups -OCH3 is 1. The van der Waals surface area contributed by atoms with Gasteiger partial charge in [-0.2, -0.15) is 4.98 Å². The van der Waals surface area contributed by atoms with Crippen LogP contribution in [0.1, 0.15) is 40.9 Å². The fourth-order valence-corrected chi connectivity index (χ4v) is 4.61. The van der Waals surface area contributed by atoms with Gasteiger partial charge in [0.15, 0.2) is 0 Å². The van der Waals surface area contributed by atoms with Crippen LogP contribution in [0.15, 0.2) is 12.4 Å². The molecule has 8 heteroatoms. The van der Waals surface area contributed by atoms with Crippen LogP contribution in [-0.4, -0.2) is 76.2 Å². The van der Waals surface area contributed by atoms with E-state index in [2.05, 4.69) is 48.2 Å². The van der Waals surface area contributed by atoms with E-state index in [0.29, 0.717) is 6.54 Å². The molecule has 4 rings (SSSR count). The number of piperazine rings is 1. The zero-order valence-electron chi connectivity index (χ0n) is 21.0. The number of pyridine rings is 1. The number of hydrogen-bond acceptors (Lipinski definition) is 7. The summed E-state index contributed by atoms with van der Waals surface area (Å²) in [6.07, 6.45) is 5.84. The summed E-state index contributed by atoms with van der Waals surface area (Å²) in [4.78, 5) is 18.5. The second kappa shape index (κ2) is 10.4. The van der Waals surface area contributed by atoms with Crippen LogP contribution in [0.4, 0.5) is 5.95 Å². The van der Waals surface area contributed by atoms with E-state index in [-0.39, 0.29) is 5.95 Å². The van der Waals surface area contributed by atoms with Gasteiger partial charge in [0.25, 0.3) is 0 Å². The number of fused-ring (bicyclic) bond motifs is 1. The van der Waals surface area contributed by atoms with Crippen molar-refractivity contribution < 1.29 is 4.74 Å². The van der Waals surface area contributed by atoms with Gasteiger partial charge in [0.05, 0.1) is 36.0 Å². The molecule has 0 atom stereocenters. The van der Waals surface area contributed by atoms with Crippen LogP contribution < -0.4 is 10.5 Å². The number of likely N-dealkylation sites (N-methyl/N-ethyl adjacent to an activating group) is 1. The fraction of sp³-hybridized carbons (Fsp3) is 0.500. The Morgan fingerprint density at radius 3 is 2.62 bits per heavy atom. The predicted molar refractivity (Wildman–Crippen MR) is 136 cm³/mol. The second-order valence-electron chi connectivity index (χ2n) is 9.13. The Morgan fingerprint density at radius 1 is 1.12 bits per heavy atom. The number of hydrogen-bond donors (Lipinski definition) is 1. The molecule has 2 N–H and O–H groups in total. The van der Waals surface area contributed by atoms with Crippen LogP contribution in [0.2, 0.25) is 0 Å². The zero-order valence-corrected chi connectivity index (χ0v) is 21.0. The van der Waals surface area contributed by atoms with Crippen molar-refractivity contribution in [3.63, 3.8) is 0 Å². The van der Waals surface area contributed by atoms with Gasteiger partial charge in [0.2, 0.25) is 5.95 Å². The lowest BCUT2D eigenvalue weighted by atomic mass is 10.1. The van der Waals surface area contributed by atoms with Crippen molar-refractivity contribution >= 4 is 17.0 Å². The minimum atomic E-state index is 0.266. The molecule has 0 bridgehead atoms. The molecule has 0 unspecified atom stereocenters. The molecule has 34 heavy (non-hydrogen) atoms. The predicted octanol–water partition coefficient (Wildman–Crippen LogP) is 2.77. The molecule has 0 saturated carbocycles. The highest BCUT2D eigenvalue weighted by molar-refractivity contribution is 5.86. The van der Waals surface area contributed by atoms with Crippen LogP contribution in [0, 0.1) is 32.6 Å². The van der Waals surface area contributed by atoms with Gasteiger partial charge < -0.3 is 24.8 Å². The molecule has 1 aliphatic heterocycles. The lowest BCUT2D eigenvalue weighted by molar-refractivity contribution is 0.153. The number of aromatic nitrogens is 4. The van der Waals surface area contributed by atoms with E-state index in [0.717, 1.165) is 90.4 Å². The van der Waals surface area contributed by atoms with Crippen molar-refractivity contribution in [3.8, 4) is 17.6 Å². The largest absolute Gasteiger partial charge is 0.496 e. The molecule has 1 saturated heterocycles. The van der Waals surface area contributed by atoms with E-state index in [4.69, 9.17) is 10.5 Å². The molecule has 1 aliphatic rings. The summed E-state index contributed by atoms with van der Waals surface area (Å²) in [5.41, 5.74) is 11.5. The van der Waals surface area contributed by atoms with Crippen LogP contribution >= 0.6 is 0 Å². The van der Waals surface area contributed by atoms with Crippen LogP contribution in [0.3, 0.4) is 0 Å². The monoisotopic (exact) mass is 461 g/mol. The molecule has 0 amide bonds. The molecule has 180 valence electrons. The average molecular weight is 462 g/mol. The van der Waals surface area contributed by atoms with Gasteiger partial charge in [-0.1, -0.05) is 11.8 Å². The molecule has 4 heterocycles. The van der Waals surface area contributed by atoms with Crippen molar-refractivity contribution in [2.45, 2.75) is 40.2 Å². The molecule has 0 spiro atoms. The molecular formula is C26H35N7O. The lowest BCUT2D eigenvalue weighted by Crippen LogP contribution is -2.44. The minimum absolute atomic E-state index is 0.266. The van der Waals surface area contributed by atoms with Gasteiger partial charge in [0, 0.05) is 56.1 Å². The third-order valence-corrected chi connectivity index (χ3v) is 6.58. The third-order valence-electron chi connectivity index (χ3n) is 6.58. The molecule has 3 aromatic heterocycles. The molecule has 3 aromatic rings. The van der Waals surface area contributed by atoms with Crippen molar-refractivity contribution in [1.29, 1.82) is 0 Å². The fourth-order valence-electron chi connectivity index (χ4n) is 4.61. The molecule has 0 aliphatic carbocycles. The average Bonchev–Trinajstić information content (AvgIpc) is 3.14. The minimum Gasteiger partial charge on any atom is -0.496 e. The number of unbranched alkanes of at least 4 members (excludes halogenated alkanes) is 1. The normalized spacial score (nSPS) is 14.9. The summed E-state index contributed by atoms with van der Waals surface area (Å²) >= 11 is 0. The standard InChI is InChI=1S/C26H35N7O/c1-18-15-28-22(19(2)24(18)34-5)17-33-16-21(23-20(3)29-26(27)30-25(23)33)9-7-6-8-10-32-13-11-31(4)12-14-32/h15-16H,6,8,10-14,17H2,1-5H3,(H2,27,29,30). The number of rotatable bonds is 6. The number of ether oxygens (including phenoxy) is 1. The summed E-state index contributed by atoms with van der Waals surface area (Å²) in [5, 5.41) is 0.956. The maximum atomic E-state index is 6.00. The van der Waals surface area contributed by atoms with Crippen molar-refractivity contribution in [3.05, 3.63) is 40.5 Å². The zero-order chi connectivity index (χ0) is 24.2. The first-order valence-corrected chi connectivity index (χ1v) is 11.9. The van der Waals surface area contributed by atoms with Gasteiger partial charge in [-0.15, -0.1) is 0 Å². The topological polar surface area (TPSA) is 85.3 Å². The van der Waals surface area contributed by atoms with Crippen LogP contribution in [0.25, 0.3) is 11.0 Å². The number of aryl methyl sites for hydroxylation is 2. The summed E-state index contributed by atoms with van der Waals surface area (Å²) in [5.74, 6) is 7.89. The van der Waals surface area contributed by atoms with Crippen LogP contribution in [-0.2, 0) is 6.54 Å². The first-order valence-electron chi connectivity index (χ1n) is 11.9. The second-order valence-corrected chi connectivity index (χ2v) is 9.13. The van der Waals surface area contributed by atoms with Gasteiger partial charge in [-0.3, -0.25) is 4.98 Å². The third kappa shape index (κ3) is 5.16. The summed E-state index contributed by atoms with van der Waals surface area (Å²) in [7, 11) is 3.88. The molecule has 8 nitrogen and oxygen atoms in total. The number of nitrogens with zero attached hydrogens (tertiary/aromatic N) is 6. The molecule has 0 radical (unpaired) electrons. The number of nitrogens with two attached hydrogens (primary N) is 1. The van der Waals surface area contributed by atoms with E-state index in [1.165, 1.54) is 0 Å². The Kier molecular flexibility index (Phi) is 7.35. The first-order chi connectivity index (χ1) is 16.4. The van der Waals surface area contributed by atoms with Gasteiger partial charge in [-0.25, -0.2) is 4.98 Å². The Bertz CT molecular complexity index is 1230. The van der Waals surface area contributed by atoms with Gasteiger partial charge in [-0.05, 0) is 40.8 Å². The number of nitrogen functional groups attached to an aromatic ring is 1. The van der Waals surface area contributed by atoms with E-state index in [9.17, 15) is 0 Å². The highest BCUT2D eigenvalue weighted by atomic mass is 16.5. The Hall–Kier alpha value is -3.15. The lowest BCUT2D eigenvalue weighted by Gasteiger charge is -2.32. The highest BCUT2D eigenvalue weighted by Crippen LogP contribution is 2.27. The molecule has 0 aromatic carbocycles. The van der Waals surface area contributed by atoms with Crippen molar-refractivity contribution in [2.75, 3.05) is 52.6 Å². The highest BCUT2D eigenvalue weighted by Gasteiger charge is 2.17. The molecule has 1 fully saturated rings. The Labute approximate surface area is 202 Å². The smallest absolute Gasteiger partial charge is 0.222 e. The van der Waals surface area contributed by atoms with Crippen molar-refractivity contribution in [1.82, 2.24) is 29.3 Å². The maximum Gasteiger partial charge on any atom is 0.222 e. The van der Waals surface area contributed by atoms with Gasteiger partial charge in [0.1, 0.15) is 11.4 Å². The first kappa shape index (κ1) is 24.0.